The Kier molecular flexibility index (Phi) is 6.62. The van der Waals surface area contributed by atoms with Gasteiger partial charge in [0, 0.05) is 18.7 Å². The number of carbonyl (C=O) groups is 2. The number of ether oxygens (including phenoxy) is 1. The fourth-order valence-corrected chi connectivity index (χ4v) is 6.02. The van der Waals surface area contributed by atoms with Crippen molar-refractivity contribution >= 4 is 49.8 Å². The van der Waals surface area contributed by atoms with Gasteiger partial charge in [-0.25, -0.2) is 13.2 Å². The van der Waals surface area contributed by atoms with Crippen LogP contribution in [0.1, 0.15) is 45.4 Å². The van der Waals surface area contributed by atoms with Crippen molar-refractivity contribution in [3.05, 3.63) is 45.3 Å². The van der Waals surface area contributed by atoms with Crippen LogP contribution in [-0.2, 0) is 14.8 Å². The minimum absolute atomic E-state index is 0.0741. The van der Waals surface area contributed by atoms with E-state index in [1.807, 2.05) is 0 Å². The summed E-state index contributed by atoms with van der Waals surface area (Å²) in [7, 11) is -3.76. The highest BCUT2D eigenvalue weighted by Gasteiger charge is 2.30. The van der Waals surface area contributed by atoms with Crippen LogP contribution >= 0.6 is 22.9 Å². The molecule has 0 spiro atoms. The van der Waals surface area contributed by atoms with Crippen LogP contribution in [0.4, 0.5) is 5.00 Å². The fourth-order valence-electron chi connectivity index (χ4n) is 3.04. The number of nitrogens with one attached hydrogen (secondary N) is 1. The predicted molar refractivity (Wildman–Crippen MR) is 112 cm³/mol. The third-order valence-electron chi connectivity index (χ3n) is 4.49. The molecule has 3 rings (SSSR count). The van der Waals surface area contributed by atoms with Crippen LogP contribution in [0, 0.1) is 6.92 Å². The van der Waals surface area contributed by atoms with Gasteiger partial charge in [0.15, 0.2) is 0 Å². The first-order valence-electron chi connectivity index (χ1n) is 9.12. The molecular formula is C19H21ClN2O5S2. The number of benzene rings is 1. The van der Waals surface area contributed by atoms with E-state index in [1.54, 1.807) is 19.9 Å². The molecule has 0 aliphatic carbocycles. The van der Waals surface area contributed by atoms with Gasteiger partial charge in [-0.3, -0.25) is 4.79 Å². The van der Waals surface area contributed by atoms with Crippen LogP contribution in [0.2, 0.25) is 5.02 Å². The maximum absolute atomic E-state index is 12.8. The summed E-state index contributed by atoms with van der Waals surface area (Å²) in [4.78, 5) is 24.9. The normalized spacial score (nSPS) is 14.7. The molecule has 2 heterocycles. The number of halogens is 1. The molecule has 156 valence electrons. The van der Waals surface area contributed by atoms with Gasteiger partial charge in [0.1, 0.15) is 9.77 Å². The van der Waals surface area contributed by atoms with Crippen molar-refractivity contribution in [2.24, 2.45) is 0 Å². The zero-order valence-electron chi connectivity index (χ0n) is 16.0. The van der Waals surface area contributed by atoms with Gasteiger partial charge in [-0.05, 0) is 56.5 Å². The smallest absolute Gasteiger partial charge is 0.348 e. The number of sulfonamides is 1. The minimum atomic E-state index is -3.76. The molecule has 0 atom stereocenters. The number of carbonyl (C=O) groups excluding carboxylic acids is 2. The Labute approximate surface area is 178 Å². The highest BCUT2D eigenvalue weighted by molar-refractivity contribution is 7.89. The van der Waals surface area contributed by atoms with Gasteiger partial charge in [0.2, 0.25) is 10.0 Å². The van der Waals surface area contributed by atoms with Crippen LogP contribution < -0.4 is 5.32 Å². The van der Waals surface area contributed by atoms with E-state index in [2.05, 4.69) is 5.32 Å². The van der Waals surface area contributed by atoms with E-state index >= 15 is 0 Å². The molecular weight excluding hydrogens is 436 g/mol. The van der Waals surface area contributed by atoms with Crippen LogP contribution in [0.5, 0.6) is 0 Å². The second kappa shape index (κ2) is 8.83. The largest absolute Gasteiger partial charge is 0.462 e. The average Bonchev–Trinajstić information content (AvgIpc) is 3.32. The van der Waals surface area contributed by atoms with Gasteiger partial charge < -0.3 is 10.1 Å². The van der Waals surface area contributed by atoms with E-state index in [0.717, 1.165) is 24.2 Å². The summed E-state index contributed by atoms with van der Waals surface area (Å²) in [5, 5.41) is 3.25. The third-order valence-corrected chi connectivity index (χ3v) is 8.00. The van der Waals surface area contributed by atoms with Crippen LogP contribution in [-0.4, -0.2) is 44.3 Å². The summed E-state index contributed by atoms with van der Waals surface area (Å²) in [6, 6.07) is 5.83. The lowest BCUT2D eigenvalue weighted by Gasteiger charge is -2.17. The number of amides is 1. The Balaban J connectivity index is 1.84. The Bertz CT molecular complexity index is 1040. The molecule has 0 saturated carbocycles. The molecule has 1 saturated heterocycles. The van der Waals surface area contributed by atoms with Gasteiger partial charge >= 0.3 is 5.97 Å². The number of anilines is 1. The summed E-state index contributed by atoms with van der Waals surface area (Å²) in [6.07, 6.45) is 1.61. The highest BCUT2D eigenvalue weighted by Crippen LogP contribution is 2.30. The van der Waals surface area contributed by atoms with Gasteiger partial charge in [0.25, 0.3) is 5.91 Å². The standard InChI is InChI=1S/C19H21ClN2O5S2/c1-3-27-19(24)17-12(2)10-16(28-17)21-18(23)13-6-7-14(20)15(11-13)29(25,26)22-8-4-5-9-22/h6-7,10-11H,3-5,8-9H2,1-2H3,(H,21,23). The molecule has 1 aromatic heterocycles. The predicted octanol–water partition coefficient (Wildman–Crippen LogP) is 3.92. The minimum Gasteiger partial charge on any atom is -0.462 e. The molecule has 1 aromatic carbocycles. The van der Waals surface area contributed by atoms with Crippen molar-refractivity contribution in [3.63, 3.8) is 0 Å². The van der Waals surface area contributed by atoms with Crippen molar-refractivity contribution < 1.29 is 22.7 Å². The van der Waals surface area contributed by atoms with E-state index < -0.39 is 21.9 Å². The molecule has 1 aliphatic heterocycles. The van der Waals surface area contributed by atoms with Crippen molar-refractivity contribution in [2.45, 2.75) is 31.6 Å². The number of esters is 1. The molecule has 29 heavy (non-hydrogen) atoms. The Morgan fingerprint density at radius 1 is 1.24 bits per heavy atom. The molecule has 1 fully saturated rings. The van der Waals surface area contributed by atoms with Gasteiger partial charge in [-0.1, -0.05) is 11.6 Å². The number of hydrogen-bond acceptors (Lipinski definition) is 6. The summed E-state index contributed by atoms with van der Waals surface area (Å²) >= 11 is 7.23. The van der Waals surface area contributed by atoms with Crippen LogP contribution in [0.15, 0.2) is 29.2 Å². The maximum Gasteiger partial charge on any atom is 0.348 e. The summed E-state index contributed by atoms with van der Waals surface area (Å²) < 4.78 is 32.0. The summed E-state index contributed by atoms with van der Waals surface area (Å²) in [5.74, 6) is -0.933. The number of rotatable bonds is 6. The second-order valence-corrected chi connectivity index (χ2v) is 9.92. The van der Waals surface area contributed by atoms with Gasteiger partial charge in [-0.2, -0.15) is 4.31 Å². The lowest BCUT2D eigenvalue weighted by atomic mass is 10.2. The number of thiophene rings is 1. The zero-order valence-corrected chi connectivity index (χ0v) is 18.4. The van der Waals surface area contributed by atoms with Crippen LogP contribution in [0.3, 0.4) is 0 Å². The molecule has 0 unspecified atom stereocenters. The van der Waals surface area contributed by atoms with Crippen molar-refractivity contribution in [1.82, 2.24) is 4.31 Å². The molecule has 0 radical (unpaired) electrons. The van der Waals surface area contributed by atoms with E-state index in [1.165, 1.54) is 22.5 Å². The van der Waals surface area contributed by atoms with E-state index in [0.29, 0.717) is 28.5 Å². The molecule has 1 amide bonds. The van der Waals surface area contributed by atoms with Crippen molar-refractivity contribution in [1.29, 1.82) is 0 Å². The Morgan fingerprint density at radius 3 is 2.59 bits per heavy atom. The average molecular weight is 457 g/mol. The second-order valence-electron chi connectivity index (χ2n) is 6.55. The Hall–Kier alpha value is -1.94. The molecule has 10 heteroatoms. The zero-order chi connectivity index (χ0) is 21.2. The van der Waals surface area contributed by atoms with Crippen molar-refractivity contribution in [2.75, 3.05) is 25.0 Å². The first-order valence-corrected chi connectivity index (χ1v) is 11.8. The molecule has 7 nitrogen and oxygen atoms in total. The molecule has 2 aromatic rings. The van der Waals surface area contributed by atoms with E-state index in [4.69, 9.17) is 16.3 Å². The lowest BCUT2D eigenvalue weighted by Crippen LogP contribution is -2.28. The highest BCUT2D eigenvalue weighted by atomic mass is 35.5. The van der Waals surface area contributed by atoms with E-state index in [9.17, 15) is 18.0 Å². The Morgan fingerprint density at radius 2 is 1.93 bits per heavy atom. The van der Waals surface area contributed by atoms with Crippen LogP contribution in [0.25, 0.3) is 0 Å². The van der Waals surface area contributed by atoms with Gasteiger partial charge in [-0.15, -0.1) is 11.3 Å². The number of aryl methyl sites for hydroxylation is 1. The fraction of sp³-hybridized carbons (Fsp3) is 0.368. The molecule has 0 bridgehead atoms. The topological polar surface area (TPSA) is 92.8 Å². The molecule has 1 N–H and O–H groups in total. The van der Waals surface area contributed by atoms with Gasteiger partial charge in [0.05, 0.1) is 16.6 Å². The summed E-state index contributed by atoms with van der Waals surface area (Å²) in [5.41, 5.74) is 0.855. The summed E-state index contributed by atoms with van der Waals surface area (Å²) in [6.45, 7) is 4.62. The SMILES string of the molecule is CCOC(=O)c1sc(NC(=O)c2ccc(Cl)c(S(=O)(=O)N3CCCC3)c2)cc1C. The number of nitrogens with zero attached hydrogens (tertiary/aromatic N) is 1. The monoisotopic (exact) mass is 456 g/mol. The first kappa shape index (κ1) is 21.8. The molecule has 1 aliphatic rings. The first-order chi connectivity index (χ1) is 13.7. The third kappa shape index (κ3) is 4.63. The quantitative estimate of drug-likeness (QED) is 0.665. The van der Waals surface area contributed by atoms with E-state index in [-0.39, 0.29) is 22.1 Å². The maximum atomic E-state index is 12.8. The lowest BCUT2D eigenvalue weighted by molar-refractivity contribution is 0.0531. The van der Waals surface area contributed by atoms with Crippen molar-refractivity contribution in [3.8, 4) is 0 Å². The number of hydrogen-bond donors (Lipinski definition) is 1.